The maximum Gasteiger partial charge on any atom is 0.277 e. The van der Waals surface area contributed by atoms with E-state index >= 15 is 0 Å². The van der Waals surface area contributed by atoms with Crippen LogP contribution in [0.4, 0.5) is 0 Å². The molecule has 7 heteroatoms. The number of thioether (sulfide) groups is 1. The first-order valence-electron chi connectivity index (χ1n) is 9.21. The molecule has 1 aromatic heterocycles. The molecular weight excluding hydrogens is 374 g/mol. The number of ether oxygens (including phenoxy) is 1. The van der Waals surface area contributed by atoms with Gasteiger partial charge in [0.25, 0.3) is 5.22 Å². The number of carbonyl (C=O) groups excluding carboxylic acids is 1. The van der Waals surface area contributed by atoms with Gasteiger partial charge in [0.2, 0.25) is 11.8 Å². The molecule has 0 saturated carbocycles. The summed E-state index contributed by atoms with van der Waals surface area (Å²) >= 11 is 1.24. The fraction of sp³-hybridized carbons (Fsp3) is 0.286. The molecule has 1 unspecified atom stereocenters. The molecule has 144 valence electrons. The molecule has 0 radical (unpaired) electrons. The highest BCUT2D eigenvalue weighted by molar-refractivity contribution is 7.99. The Labute approximate surface area is 167 Å². The van der Waals surface area contributed by atoms with E-state index in [9.17, 15) is 4.79 Å². The molecule has 1 atom stereocenters. The van der Waals surface area contributed by atoms with Crippen LogP contribution in [-0.4, -0.2) is 29.0 Å². The number of aromatic nitrogens is 2. The van der Waals surface area contributed by atoms with E-state index in [2.05, 4.69) is 33.7 Å². The van der Waals surface area contributed by atoms with Crippen molar-refractivity contribution in [3.8, 4) is 17.2 Å². The first-order valence-corrected chi connectivity index (χ1v) is 10.2. The molecule has 1 heterocycles. The number of carbonyl (C=O) groups is 1. The number of hydrogen-bond donors (Lipinski definition) is 1. The third-order valence-corrected chi connectivity index (χ3v) is 5.59. The Morgan fingerprint density at radius 3 is 2.86 bits per heavy atom. The van der Waals surface area contributed by atoms with Gasteiger partial charge in [-0.2, -0.15) is 0 Å². The molecule has 0 aliphatic heterocycles. The number of aryl methyl sites for hydroxylation is 1. The van der Waals surface area contributed by atoms with E-state index in [1.807, 2.05) is 30.3 Å². The van der Waals surface area contributed by atoms with Crippen molar-refractivity contribution in [2.45, 2.75) is 30.5 Å². The Bertz CT molecular complexity index is 956. The summed E-state index contributed by atoms with van der Waals surface area (Å²) in [5.41, 5.74) is 3.36. The maximum atomic E-state index is 12.4. The average molecular weight is 395 g/mol. The number of nitrogens with zero attached hydrogens (tertiary/aromatic N) is 2. The zero-order chi connectivity index (χ0) is 19.3. The Kier molecular flexibility index (Phi) is 5.62. The lowest BCUT2D eigenvalue weighted by Crippen LogP contribution is -2.32. The number of amides is 1. The smallest absolute Gasteiger partial charge is 0.277 e. The summed E-state index contributed by atoms with van der Waals surface area (Å²) in [5, 5.41) is 11.6. The number of nitrogens with one attached hydrogen (secondary N) is 1. The molecule has 1 aliphatic carbocycles. The van der Waals surface area contributed by atoms with Crippen LogP contribution in [0.3, 0.4) is 0 Å². The number of fused-ring (bicyclic) bond motifs is 1. The van der Waals surface area contributed by atoms with Crippen molar-refractivity contribution >= 4 is 17.7 Å². The largest absolute Gasteiger partial charge is 0.497 e. The van der Waals surface area contributed by atoms with Gasteiger partial charge >= 0.3 is 0 Å². The maximum absolute atomic E-state index is 12.4. The van der Waals surface area contributed by atoms with Crippen molar-refractivity contribution in [3.63, 3.8) is 0 Å². The quantitative estimate of drug-likeness (QED) is 0.635. The molecule has 2 aromatic carbocycles. The van der Waals surface area contributed by atoms with Crippen molar-refractivity contribution in [2.75, 3.05) is 12.9 Å². The lowest BCUT2D eigenvalue weighted by Gasteiger charge is -2.26. The highest BCUT2D eigenvalue weighted by Crippen LogP contribution is 2.30. The van der Waals surface area contributed by atoms with Crippen LogP contribution in [0, 0.1) is 0 Å². The van der Waals surface area contributed by atoms with Crippen molar-refractivity contribution in [3.05, 3.63) is 59.7 Å². The number of hydrogen-bond acceptors (Lipinski definition) is 6. The minimum atomic E-state index is -0.0316. The average Bonchev–Trinajstić information content (AvgIpc) is 3.22. The lowest BCUT2D eigenvalue weighted by molar-refractivity contribution is -0.119. The molecule has 0 fully saturated rings. The summed E-state index contributed by atoms with van der Waals surface area (Å²) < 4.78 is 10.8. The Morgan fingerprint density at radius 2 is 2.04 bits per heavy atom. The summed E-state index contributed by atoms with van der Waals surface area (Å²) in [7, 11) is 1.62. The van der Waals surface area contributed by atoms with Gasteiger partial charge in [0.1, 0.15) is 5.75 Å². The van der Waals surface area contributed by atoms with Crippen LogP contribution in [-0.2, 0) is 11.2 Å². The Morgan fingerprint density at radius 1 is 1.21 bits per heavy atom. The SMILES string of the molecule is COc1ccc(-c2nnc(SCC(=O)NC3CCCc4ccccc43)o2)cc1. The molecule has 1 amide bonds. The summed E-state index contributed by atoms with van der Waals surface area (Å²) in [6, 6.07) is 15.8. The van der Waals surface area contributed by atoms with E-state index in [1.54, 1.807) is 7.11 Å². The Hall–Kier alpha value is -2.80. The van der Waals surface area contributed by atoms with Gasteiger partial charge in [-0.1, -0.05) is 36.0 Å². The van der Waals surface area contributed by atoms with Gasteiger partial charge in [0.05, 0.1) is 18.9 Å². The second-order valence-electron chi connectivity index (χ2n) is 6.60. The second-order valence-corrected chi connectivity index (χ2v) is 7.53. The van der Waals surface area contributed by atoms with Crippen molar-refractivity contribution in [2.24, 2.45) is 0 Å². The van der Waals surface area contributed by atoms with Crippen LogP contribution in [0.5, 0.6) is 5.75 Å². The van der Waals surface area contributed by atoms with Crippen LogP contribution < -0.4 is 10.1 Å². The normalized spacial score (nSPS) is 15.7. The van der Waals surface area contributed by atoms with Crippen LogP contribution >= 0.6 is 11.8 Å². The monoisotopic (exact) mass is 395 g/mol. The minimum Gasteiger partial charge on any atom is -0.497 e. The van der Waals surface area contributed by atoms with E-state index in [4.69, 9.17) is 9.15 Å². The van der Waals surface area contributed by atoms with Crippen LogP contribution in [0.25, 0.3) is 11.5 Å². The fourth-order valence-electron chi connectivity index (χ4n) is 3.39. The summed E-state index contributed by atoms with van der Waals surface area (Å²) in [5.74, 6) is 1.39. The molecule has 28 heavy (non-hydrogen) atoms. The van der Waals surface area contributed by atoms with Crippen LogP contribution in [0.2, 0.25) is 0 Å². The van der Waals surface area contributed by atoms with E-state index in [0.29, 0.717) is 11.1 Å². The first-order chi connectivity index (χ1) is 13.7. The summed E-state index contributed by atoms with van der Waals surface area (Å²) in [4.78, 5) is 12.4. The Balaban J connectivity index is 1.34. The van der Waals surface area contributed by atoms with Gasteiger partial charge in [0.15, 0.2) is 0 Å². The summed E-state index contributed by atoms with van der Waals surface area (Å²) in [6.45, 7) is 0. The zero-order valence-corrected chi connectivity index (χ0v) is 16.4. The predicted molar refractivity (Wildman–Crippen MR) is 107 cm³/mol. The molecule has 6 nitrogen and oxygen atoms in total. The van der Waals surface area contributed by atoms with Gasteiger partial charge in [-0.15, -0.1) is 10.2 Å². The molecule has 0 bridgehead atoms. The summed E-state index contributed by atoms with van der Waals surface area (Å²) in [6.07, 6.45) is 3.13. The van der Waals surface area contributed by atoms with E-state index < -0.39 is 0 Å². The highest BCUT2D eigenvalue weighted by Gasteiger charge is 2.21. The molecule has 1 aliphatic rings. The van der Waals surface area contributed by atoms with Crippen molar-refractivity contribution < 1.29 is 13.9 Å². The fourth-order valence-corrected chi connectivity index (χ4v) is 3.96. The van der Waals surface area contributed by atoms with E-state index in [-0.39, 0.29) is 17.7 Å². The molecule has 3 aromatic rings. The molecule has 0 saturated heterocycles. The third kappa shape index (κ3) is 4.20. The molecule has 0 spiro atoms. The minimum absolute atomic E-state index is 0.0316. The molecule has 4 rings (SSSR count). The standard InChI is InChI=1S/C21H21N3O3S/c1-26-16-11-9-15(10-12-16)20-23-24-21(27-20)28-13-19(25)22-18-8-4-6-14-5-2-3-7-17(14)18/h2-3,5,7,9-12,18H,4,6,8,13H2,1H3,(H,22,25). The molecule has 1 N–H and O–H groups in total. The third-order valence-electron chi connectivity index (χ3n) is 4.77. The number of methoxy groups -OCH3 is 1. The second kappa shape index (κ2) is 8.48. The number of rotatable bonds is 6. The van der Waals surface area contributed by atoms with Gasteiger partial charge in [0, 0.05) is 5.56 Å². The van der Waals surface area contributed by atoms with Crippen LogP contribution in [0.15, 0.2) is 58.2 Å². The van der Waals surface area contributed by atoms with Crippen LogP contribution in [0.1, 0.15) is 30.0 Å². The lowest BCUT2D eigenvalue weighted by atomic mass is 9.88. The van der Waals surface area contributed by atoms with E-state index in [0.717, 1.165) is 30.6 Å². The first kappa shape index (κ1) is 18.6. The zero-order valence-electron chi connectivity index (χ0n) is 15.6. The van der Waals surface area contributed by atoms with Gasteiger partial charge in [-0.05, 0) is 54.7 Å². The van der Waals surface area contributed by atoms with Gasteiger partial charge < -0.3 is 14.5 Å². The van der Waals surface area contributed by atoms with Crippen molar-refractivity contribution in [1.29, 1.82) is 0 Å². The van der Waals surface area contributed by atoms with Crippen molar-refractivity contribution in [1.82, 2.24) is 15.5 Å². The van der Waals surface area contributed by atoms with E-state index in [1.165, 1.54) is 22.9 Å². The predicted octanol–water partition coefficient (Wildman–Crippen LogP) is 4.03. The topological polar surface area (TPSA) is 77.2 Å². The highest BCUT2D eigenvalue weighted by atomic mass is 32.2. The van der Waals surface area contributed by atoms with Gasteiger partial charge in [-0.3, -0.25) is 4.79 Å². The van der Waals surface area contributed by atoms with Gasteiger partial charge in [-0.25, -0.2) is 0 Å². The number of benzene rings is 2. The molecular formula is C21H21N3O3S.